The molecule has 0 aromatic carbocycles. The van der Waals surface area contributed by atoms with E-state index >= 15 is 0 Å². The summed E-state index contributed by atoms with van der Waals surface area (Å²) < 4.78 is 5.81. The average Bonchev–Trinajstić information content (AvgIpc) is 2.60. The third-order valence-corrected chi connectivity index (χ3v) is 3.68. The molecule has 0 atom stereocenters. The van der Waals surface area contributed by atoms with Crippen molar-refractivity contribution < 1.29 is 4.74 Å². The lowest BCUT2D eigenvalue weighted by molar-refractivity contribution is 0.301. The van der Waals surface area contributed by atoms with Crippen LogP contribution in [0.3, 0.4) is 0 Å². The van der Waals surface area contributed by atoms with Crippen molar-refractivity contribution in [1.29, 1.82) is 0 Å². The fourth-order valence-corrected chi connectivity index (χ4v) is 2.35. The number of pyridine rings is 2. The second-order valence-electron chi connectivity index (χ2n) is 6.13. The molecule has 4 heteroatoms. The summed E-state index contributed by atoms with van der Waals surface area (Å²) in [6.45, 7) is 1.91. The van der Waals surface area contributed by atoms with Crippen LogP contribution >= 0.6 is 0 Å². The monoisotopic (exact) mass is 325 g/mol. The molecule has 0 bridgehead atoms. The van der Waals surface area contributed by atoms with Gasteiger partial charge in [-0.1, -0.05) is 25.0 Å². The van der Waals surface area contributed by atoms with Gasteiger partial charge in [0.2, 0.25) is 0 Å². The van der Waals surface area contributed by atoms with E-state index in [1.807, 2.05) is 36.5 Å². The summed E-state index contributed by atoms with van der Waals surface area (Å²) in [5, 5.41) is 0. The van der Waals surface area contributed by atoms with Gasteiger partial charge in [0.15, 0.2) is 0 Å². The Morgan fingerprint density at radius 1 is 0.917 bits per heavy atom. The molecule has 2 heterocycles. The Morgan fingerprint density at radius 2 is 1.67 bits per heavy atom. The number of hydrogen-bond donors (Lipinski definition) is 0. The van der Waals surface area contributed by atoms with E-state index in [2.05, 4.69) is 29.0 Å². The van der Waals surface area contributed by atoms with Gasteiger partial charge in [-0.2, -0.15) is 0 Å². The molecule has 24 heavy (non-hydrogen) atoms. The van der Waals surface area contributed by atoms with Gasteiger partial charge in [-0.25, -0.2) is 0 Å². The Kier molecular flexibility index (Phi) is 7.98. The number of aromatic nitrogens is 2. The van der Waals surface area contributed by atoms with Crippen LogP contribution in [0, 0.1) is 0 Å². The minimum Gasteiger partial charge on any atom is -0.492 e. The van der Waals surface area contributed by atoms with E-state index in [1.54, 1.807) is 18.6 Å². The third-order valence-electron chi connectivity index (χ3n) is 3.68. The van der Waals surface area contributed by atoms with Crippen molar-refractivity contribution in [1.82, 2.24) is 14.9 Å². The summed E-state index contributed by atoms with van der Waals surface area (Å²) in [4.78, 5) is 10.5. The van der Waals surface area contributed by atoms with Crippen molar-refractivity contribution in [3.8, 4) is 5.75 Å². The van der Waals surface area contributed by atoms with Crippen molar-refractivity contribution in [3.63, 3.8) is 0 Å². The van der Waals surface area contributed by atoms with Crippen molar-refractivity contribution >= 4 is 12.2 Å². The van der Waals surface area contributed by atoms with Crippen LogP contribution in [0.25, 0.3) is 12.2 Å². The first-order valence-corrected chi connectivity index (χ1v) is 8.55. The van der Waals surface area contributed by atoms with Gasteiger partial charge in [0.1, 0.15) is 5.75 Å². The van der Waals surface area contributed by atoms with Gasteiger partial charge in [-0.05, 0) is 62.8 Å². The molecule has 0 saturated carbocycles. The van der Waals surface area contributed by atoms with E-state index in [-0.39, 0.29) is 0 Å². The molecule has 0 spiro atoms. The van der Waals surface area contributed by atoms with Crippen LogP contribution in [0.15, 0.2) is 43.0 Å². The summed E-state index contributed by atoms with van der Waals surface area (Å²) in [6.07, 6.45) is 16.1. The number of unbranched alkanes of at least 4 members (excludes halogenated alkanes) is 3. The summed E-state index contributed by atoms with van der Waals surface area (Å²) in [5.74, 6) is 0.833. The molecule has 2 aromatic heterocycles. The lowest BCUT2D eigenvalue weighted by Gasteiger charge is -2.09. The molecule has 128 valence electrons. The molecule has 0 amide bonds. The topological polar surface area (TPSA) is 38.2 Å². The Bertz CT molecular complexity index is 611. The van der Waals surface area contributed by atoms with Crippen molar-refractivity contribution in [2.75, 3.05) is 27.2 Å². The molecule has 4 nitrogen and oxygen atoms in total. The molecule has 0 aliphatic carbocycles. The van der Waals surface area contributed by atoms with E-state index in [4.69, 9.17) is 4.74 Å². The maximum atomic E-state index is 5.81. The first-order valence-electron chi connectivity index (χ1n) is 8.55. The predicted molar refractivity (Wildman–Crippen MR) is 99.9 cm³/mol. The van der Waals surface area contributed by atoms with E-state index in [1.165, 1.54) is 19.3 Å². The van der Waals surface area contributed by atoms with Crippen molar-refractivity contribution in [2.45, 2.75) is 25.7 Å². The van der Waals surface area contributed by atoms with Crippen LogP contribution in [-0.2, 0) is 0 Å². The Morgan fingerprint density at radius 3 is 2.46 bits per heavy atom. The van der Waals surface area contributed by atoms with Gasteiger partial charge in [-0.3, -0.25) is 9.97 Å². The fraction of sp³-hybridized carbons (Fsp3) is 0.400. The summed E-state index contributed by atoms with van der Waals surface area (Å²) in [5.41, 5.74) is 2.16. The zero-order valence-corrected chi connectivity index (χ0v) is 14.7. The minimum atomic E-state index is 0.751. The van der Waals surface area contributed by atoms with Gasteiger partial charge in [0, 0.05) is 18.6 Å². The maximum Gasteiger partial charge on any atom is 0.138 e. The highest BCUT2D eigenvalue weighted by molar-refractivity contribution is 5.69. The van der Waals surface area contributed by atoms with Gasteiger partial charge >= 0.3 is 0 Å². The SMILES string of the molecule is CN(C)CCCCCCOc1cncc(/C=C/c2ccncc2)c1. The lowest BCUT2D eigenvalue weighted by atomic mass is 10.2. The second-order valence-corrected chi connectivity index (χ2v) is 6.13. The predicted octanol–water partition coefficient (Wildman–Crippen LogP) is 4.15. The molecule has 0 radical (unpaired) electrons. The quantitative estimate of drug-likeness (QED) is 0.615. The molecule has 0 saturated heterocycles. The Labute approximate surface area is 145 Å². The van der Waals surface area contributed by atoms with Crippen LogP contribution in [0.1, 0.15) is 36.8 Å². The summed E-state index contributed by atoms with van der Waals surface area (Å²) >= 11 is 0. The third kappa shape index (κ3) is 7.38. The standard InChI is InChI=1S/C20H27N3O/c1-23(2)13-5-3-4-6-14-24-20-15-19(16-22-17-20)8-7-18-9-11-21-12-10-18/h7-12,15-17H,3-6,13-14H2,1-2H3/b8-7+. The molecule has 0 aliphatic heterocycles. The van der Waals surface area contributed by atoms with Crippen LogP contribution in [-0.4, -0.2) is 42.1 Å². The fourth-order valence-electron chi connectivity index (χ4n) is 2.35. The normalized spacial score (nSPS) is 11.3. The van der Waals surface area contributed by atoms with Gasteiger partial charge in [-0.15, -0.1) is 0 Å². The van der Waals surface area contributed by atoms with Gasteiger partial charge < -0.3 is 9.64 Å². The van der Waals surface area contributed by atoms with E-state index in [0.717, 1.165) is 36.4 Å². The van der Waals surface area contributed by atoms with Crippen LogP contribution < -0.4 is 4.74 Å². The van der Waals surface area contributed by atoms with Gasteiger partial charge in [0.05, 0.1) is 12.8 Å². The largest absolute Gasteiger partial charge is 0.492 e. The molecule has 0 fully saturated rings. The zero-order chi connectivity index (χ0) is 17.0. The van der Waals surface area contributed by atoms with Gasteiger partial charge in [0.25, 0.3) is 0 Å². The van der Waals surface area contributed by atoms with E-state index in [0.29, 0.717) is 0 Å². The number of nitrogens with zero attached hydrogens (tertiary/aromatic N) is 3. The molecular formula is C20H27N3O. The first kappa shape index (κ1) is 18.1. The zero-order valence-electron chi connectivity index (χ0n) is 14.7. The highest BCUT2D eigenvalue weighted by Gasteiger charge is 1.97. The number of rotatable bonds is 10. The molecule has 0 aliphatic rings. The minimum absolute atomic E-state index is 0.751. The van der Waals surface area contributed by atoms with Crippen LogP contribution in [0.4, 0.5) is 0 Å². The first-order chi connectivity index (χ1) is 11.7. The van der Waals surface area contributed by atoms with Crippen molar-refractivity contribution in [3.05, 3.63) is 54.1 Å². The molecular weight excluding hydrogens is 298 g/mol. The molecule has 0 N–H and O–H groups in total. The van der Waals surface area contributed by atoms with Crippen LogP contribution in [0.2, 0.25) is 0 Å². The highest BCUT2D eigenvalue weighted by atomic mass is 16.5. The summed E-state index contributed by atoms with van der Waals surface area (Å²) in [7, 11) is 4.23. The van der Waals surface area contributed by atoms with Crippen molar-refractivity contribution in [2.24, 2.45) is 0 Å². The number of ether oxygens (including phenoxy) is 1. The van der Waals surface area contributed by atoms with Crippen LogP contribution in [0.5, 0.6) is 5.75 Å². The molecule has 2 rings (SSSR count). The smallest absolute Gasteiger partial charge is 0.138 e. The van der Waals surface area contributed by atoms with E-state index in [9.17, 15) is 0 Å². The maximum absolute atomic E-state index is 5.81. The average molecular weight is 325 g/mol. The highest BCUT2D eigenvalue weighted by Crippen LogP contribution is 2.14. The Balaban J connectivity index is 1.72. The molecule has 2 aromatic rings. The number of hydrogen-bond acceptors (Lipinski definition) is 4. The lowest BCUT2D eigenvalue weighted by Crippen LogP contribution is -2.12. The second kappa shape index (κ2) is 10.6. The molecule has 0 unspecified atom stereocenters. The Hall–Kier alpha value is -2.20. The summed E-state index contributed by atoms with van der Waals surface area (Å²) in [6, 6.07) is 5.97. The van der Waals surface area contributed by atoms with E-state index < -0.39 is 0 Å².